The molecule has 2 aromatic heterocycles. The summed E-state index contributed by atoms with van der Waals surface area (Å²) in [6.45, 7) is 4.94. The van der Waals surface area contributed by atoms with E-state index in [1.165, 1.54) is 113 Å². The number of rotatable bonds is 3. The number of para-hydroxylation sites is 1. The van der Waals surface area contributed by atoms with E-state index in [0.29, 0.717) is 5.92 Å². The summed E-state index contributed by atoms with van der Waals surface area (Å²) in [6, 6.07) is 60.7. The lowest BCUT2D eigenvalue weighted by Gasteiger charge is -2.32. The van der Waals surface area contributed by atoms with Crippen LogP contribution in [-0.4, -0.2) is 0 Å². The Hall–Kier alpha value is -6.74. The van der Waals surface area contributed by atoms with Gasteiger partial charge >= 0.3 is 0 Å². The first-order valence-electron chi connectivity index (χ1n) is 20.8. The van der Waals surface area contributed by atoms with Crippen molar-refractivity contribution in [3.05, 3.63) is 193 Å². The predicted octanol–water partition coefficient (Wildman–Crippen LogP) is 16.5. The average Bonchev–Trinajstić information content (AvgIpc) is 3.92. The van der Waals surface area contributed by atoms with E-state index >= 15 is 0 Å². The van der Waals surface area contributed by atoms with Gasteiger partial charge in [-0.15, -0.1) is 11.3 Å². The zero-order valence-electron chi connectivity index (χ0n) is 32.8. The highest BCUT2D eigenvalue weighted by atomic mass is 32.1. The monoisotopic (exact) mass is 770 g/mol. The van der Waals surface area contributed by atoms with E-state index in [1.807, 2.05) is 11.3 Å². The van der Waals surface area contributed by atoms with E-state index in [2.05, 4.69) is 190 Å². The number of allylic oxidation sites excluding steroid dienone is 4. The lowest BCUT2D eigenvalue weighted by Crippen LogP contribution is -2.25. The Labute approximate surface area is 346 Å². The van der Waals surface area contributed by atoms with Crippen molar-refractivity contribution in [2.45, 2.75) is 25.7 Å². The summed E-state index contributed by atoms with van der Waals surface area (Å²) in [5.74, 6) is 0.380. The summed E-state index contributed by atoms with van der Waals surface area (Å²) in [6.07, 6.45) is 5.87. The van der Waals surface area contributed by atoms with Crippen molar-refractivity contribution >= 4 is 96.9 Å². The number of fused-ring (bicyclic) bond motifs is 14. The summed E-state index contributed by atoms with van der Waals surface area (Å²) in [4.78, 5) is 0. The van der Waals surface area contributed by atoms with Gasteiger partial charge in [0, 0.05) is 36.3 Å². The van der Waals surface area contributed by atoms with Gasteiger partial charge in [-0.2, -0.15) is 0 Å². The van der Waals surface area contributed by atoms with Gasteiger partial charge in [0.15, 0.2) is 0 Å². The topological polar surface area (TPSA) is 13.1 Å². The lowest BCUT2D eigenvalue weighted by atomic mass is 9.71. The highest BCUT2D eigenvalue weighted by Crippen LogP contribution is 2.57. The molecule has 2 aliphatic carbocycles. The molecule has 11 aromatic rings. The van der Waals surface area contributed by atoms with E-state index in [1.54, 1.807) is 0 Å². The lowest BCUT2D eigenvalue weighted by molar-refractivity contribution is 0.419. The van der Waals surface area contributed by atoms with Gasteiger partial charge in [-0.25, -0.2) is 0 Å². The second-order valence-corrected chi connectivity index (χ2v) is 18.2. The summed E-state index contributed by atoms with van der Waals surface area (Å²) in [7, 11) is 0. The summed E-state index contributed by atoms with van der Waals surface area (Å²) in [5.41, 5.74) is 14.1. The van der Waals surface area contributed by atoms with Crippen molar-refractivity contribution in [1.82, 2.24) is 0 Å². The fraction of sp³-hybridized carbons (Fsp3) is 0.0877. The van der Waals surface area contributed by atoms with Gasteiger partial charge in [0.25, 0.3) is 0 Å². The van der Waals surface area contributed by atoms with Crippen molar-refractivity contribution in [3.8, 4) is 22.3 Å². The normalized spacial score (nSPS) is 16.1. The molecule has 2 heterocycles. The van der Waals surface area contributed by atoms with Crippen molar-refractivity contribution in [1.29, 1.82) is 0 Å². The number of hydrogen-bond donors (Lipinski definition) is 0. The maximum absolute atomic E-state index is 6.55. The molecule has 1 unspecified atom stereocenters. The summed E-state index contributed by atoms with van der Waals surface area (Å²) < 4.78 is 9.15. The zero-order chi connectivity index (χ0) is 39.0. The number of benzene rings is 9. The van der Waals surface area contributed by atoms with E-state index < -0.39 is 0 Å². The molecule has 1 atom stereocenters. The van der Waals surface area contributed by atoms with E-state index in [4.69, 9.17) is 4.42 Å². The van der Waals surface area contributed by atoms with Crippen LogP contribution in [0.5, 0.6) is 0 Å². The minimum atomic E-state index is -0.0394. The average molecular weight is 771 g/mol. The first-order chi connectivity index (χ1) is 29.0. The molecular weight excluding hydrogens is 733 g/mol. The summed E-state index contributed by atoms with van der Waals surface area (Å²) >= 11 is 1.88. The first-order valence-corrected chi connectivity index (χ1v) is 21.6. The van der Waals surface area contributed by atoms with Crippen LogP contribution in [0.1, 0.15) is 37.0 Å². The third-order valence-corrected chi connectivity index (χ3v) is 15.0. The molecule has 0 radical (unpaired) electrons. The Kier molecular flexibility index (Phi) is 6.84. The van der Waals surface area contributed by atoms with Crippen LogP contribution in [0.2, 0.25) is 0 Å². The van der Waals surface area contributed by atoms with Gasteiger partial charge in [-0.05, 0) is 125 Å². The van der Waals surface area contributed by atoms with Gasteiger partial charge in [0.2, 0.25) is 0 Å². The Bertz CT molecular complexity index is 3610. The SMILES string of the molecule is CC1(C)c2cc(-c3ccc4sc5c(ccc6ccc7c8ccccc8oc7c65)c4c3)ccc2C2=CC=C(c3c4ccccc4c(-c4ccccc4)c4ccccc34)CC21. The second-order valence-electron chi connectivity index (χ2n) is 17.2. The van der Waals surface area contributed by atoms with Gasteiger partial charge in [-0.1, -0.05) is 159 Å². The van der Waals surface area contributed by atoms with Crippen molar-refractivity contribution in [3.63, 3.8) is 0 Å². The smallest absolute Gasteiger partial charge is 0.144 e. The van der Waals surface area contributed by atoms with Crippen molar-refractivity contribution < 1.29 is 4.42 Å². The Balaban J connectivity index is 0.915. The maximum atomic E-state index is 6.55. The second kappa shape index (κ2) is 12.1. The number of thiophene rings is 1. The minimum Gasteiger partial charge on any atom is -0.455 e. The van der Waals surface area contributed by atoms with Crippen LogP contribution in [0.25, 0.3) is 108 Å². The minimum absolute atomic E-state index is 0.0394. The maximum Gasteiger partial charge on any atom is 0.144 e. The van der Waals surface area contributed by atoms with Crippen LogP contribution in [0.3, 0.4) is 0 Å². The molecule has 0 fully saturated rings. The molecule has 9 aromatic carbocycles. The molecule has 2 heteroatoms. The molecule has 1 nitrogen and oxygen atoms in total. The molecule has 0 spiro atoms. The highest BCUT2D eigenvalue weighted by molar-refractivity contribution is 7.26. The largest absolute Gasteiger partial charge is 0.455 e. The number of hydrogen-bond acceptors (Lipinski definition) is 2. The quantitative estimate of drug-likeness (QED) is 0.163. The predicted molar refractivity (Wildman–Crippen MR) is 254 cm³/mol. The molecule has 0 amide bonds. The van der Waals surface area contributed by atoms with Crippen LogP contribution in [0.15, 0.2) is 180 Å². The number of furan rings is 1. The molecule has 0 bridgehead atoms. The van der Waals surface area contributed by atoms with Crippen LogP contribution in [-0.2, 0) is 5.41 Å². The van der Waals surface area contributed by atoms with Crippen LogP contribution < -0.4 is 0 Å². The molecule has 13 rings (SSSR count). The van der Waals surface area contributed by atoms with Gasteiger partial charge in [0.1, 0.15) is 11.2 Å². The Morgan fingerprint density at radius 2 is 1.17 bits per heavy atom. The Morgan fingerprint density at radius 3 is 1.93 bits per heavy atom. The first kappa shape index (κ1) is 33.3. The molecule has 2 aliphatic rings. The fourth-order valence-electron chi connectivity index (χ4n) is 10.9. The fourth-order valence-corrected chi connectivity index (χ4v) is 12.1. The van der Waals surface area contributed by atoms with Gasteiger partial charge in [0.05, 0.1) is 0 Å². The molecule has 0 N–H and O–H groups in total. The van der Waals surface area contributed by atoms with Crippen molar-refractivity contribution in [2.75, 3.05) is 0 Å². The molecule has 0 saturated carbocycles. The van der Waals surface area contributed by atoms with E-state index in [9.17, 15) is 0 Å². The van der Waals surface area contributed by atoms with E-state index in [-0.39, 0.29) is 5.41 Å². The van der Waals surface area contributed by atoms with Crippen LogP contribution >= 0.6 is 11.3 Å². The summed E-state index contributed by atoms with van der Waals surface area (Å²) in [5, 5.41) is 12.7. The van der Waals surface area contributed by atoms with Crippen molar-refractivity contribution in [2.24, 2.45) is 5.92 Å². The van der Waals surface area contributed by atoms with Crippen LogP contribution in [0.4, 0.5) is 0 Å². The van der Waals surface area contributed by atoms with Gasteiger partial charge in [-0.3, -0.25) is 0 Å². The zero-order valence-corrected chi connectivity index (χ0v) is 33.7. The third kappa shape index (κ3) is 4.67. The van der Waals surface area contributed by atoms with E-state index in [0.717, 1.165) is 17.6 Å². The molecule has 0 aliphatic heterocycles. The third-order valence-electron chi connectivity index (χ3n) is 13.8. The molecule has 278 valence electrons. The molecule has 59 heavy (non-hydrogen) atoms. The highest BCUT2D eigenvalue weighted by Gasteiger charge is 2.44. The van der Waals surface area contributed by atoms with Crippen LogP contribution in [0, 0.1) is 5.92 Å². The molecular formula is C57H38OS. The molecule has 0 saturated heterocycles. The Morgan fingerprint density at radius 1 is 0.525 bits per heavy atom. The standard InChI is InChI=1S/C57H38OS/c1-57(2)48-31-36(35-24-29-51-47(30-35)46-28-21-34-20-27-45-40-14-10-11-19-50(40)58-55(45)54(34)56(46)59-51)22-25-38(48)39-26-23-37(32-49(39)57)53-43-17-8-6-15-41(43)52(33-12-4-3-5-13-33)42-16-7-9-18-44(42)53/h3-31,49H,32H2,1-2H3. The van der Waals surface area contributed by atoms with Gasteiger partial charge < -0.3 is 4.42 Å².